The number of fused-ring (bicyclic) bond motifs is 1. The highest BCUT2D eigenvalue weighted by atomic mass is 16.5. The van der Waals surface area contributed by atoms with E-state index in [0.29, 0.717) is 25.2 Å². The number of benzene rings is 3. The molecule has 0 atom stereocenters. The minimum Gasteiger partial charge on any atom is -0.494 e. The SMILES string of the molecule is Cc1ccc(OCCCCOc2ccc(CCc3cccc4c3c(CC(=O)O)cn4CC(=O)O)cc2)cc1. The van der Waals surface area contributed by atoms with Crippen LogP contribution in [0, 0.1) is 6.92 Å². The van der Waals surface area contributed by atoms with E-state index in [-0.39, 0.29) is 13.0 Å². The fraction of sp³-hybridized carbons (Fsp3) is 0.290. The molecule has 3 aromatic carbocycles. The molecule has 0 bridgehead atoms. The topological polar surface area (TPSA) is 98.0 Å². The quantitative estimate of drug-likeness (QED) is 0.210. The van der Waals surface area contributed by atoms with Gasteiger partial charge in [-0.3, -0.25) is 9.59 Å². The van der Waals surface area contributed by atoms with E-state index < -0.39 is 11.9 Å². The zero-order valence-corrected chi connectivity index (χ0v) is 21.6. The summed E-state index contributed by atoms with van der Waals surface area (Å²) in [5, 5.41) is 19.4. The molecule has 0 saturated heterocycles. The maximum atomic E-state index is 11.4. The molecular formula is C31H33NO6. The van der Waals surface area contributed by atoms with Crippen molar-refractivity contribution in [1.29, 1.82) is 0 Å². The van der Waals surface area contributed by atoms with E-state index in [1.165, 1.54) is 5.56 Å². The second-order valence-corrected chi connectivity index (χ2v) is 9.42. The van der Waals surface area contributed by atoms with Gasteiger partial charge < -0.3 is 24.3 Å². The molecule has 0 aliphatic heterocycles. The van der Waals surface area contributed by atoms with Crippen molar-refractivity contribution in [2.24, 2.45) is 0 Å². The molecule has 0 unspecified atom stereocenters. The van der Waals surface area contributed by atoms with Gasteiger partial charge in [0.1, 0.15) is 18.0 Å². The molecule has 198 valence electrons. The molecular weight excluding hydrogens is 482 g/mol. The van der Waals surface area contributed by atoms with E-state index in [0.717, 1.165) is 52.8 Å². The zero-order valence-electron chi connectivity index (χ0n) is 21.6. The van der Waals surface area contributed by atoms with Gasteiger partial charge >= 0.3 is 11.9 Å². The Morgan fingerprint density at radius 1 is 0.763 bits per heavy atom. The molecule has 0 fully saturated rings. The van der Waals surface area contributed by atoms with Crippen LogP contribution in [0.5, 0.6) is 11.5 Å². The summed E-state index contributed by atoms with van der Waals surface area (Å²) < 4.78 is 13.2. The van der Waals surface area contributed by atoms with Crippen molar-refractivity contribution in [3.8, 4) is 11.5 Å². The van der Waals surface area contributed by atoms with Crippen LogP contribution in [0.4, 0.5) is 0 Å². The Hall–Kier alpha value is -4.26. The summed E-state index contributed by atoms with van der Waals surface area (Å²) in [4.78, 5) is 22.7. The normalized spacial score (nSPS) is 11.0. The molecule has 7 heteroatoms. The van der Waals surface area contributed by atoms with E-state index in [4.69, 9.17) is 9.47 Å². The highest BCUT2D eigenvalue weighted by molar-refractivity contribution is 5.91. The van der Waals surface area contributed by atoms with E-state index in [9.17, 15) is 19.8 Å². The minimum absolute atomic E-state index is 0.149. The van der Waals surface area contributed by atoms with E-state index >= 15 is 0 Å². The molecule has 7 nitrogen and oxygen atoms in total. The third kappa shape index (κ3) is 7.38. The highest BCUT2D eigenvalue weighted by Crippen LogP contribution is 2.27. The van der Waals surface area contributed by atoms with Crippen LogP contribution < -0.4 is 9.47 Å². The lowest BCUT2D eigenvalue weighted by molar-refractivity contribution is -0.138. The van der Waals surface area contributed by atoms with Crippen LogP contribution in [0.15, 0.2) is 72.9 Å². The Labute approximate surface area is 222 Å². The summed E-state index contributed by atoms with van der Waals surface area (Å²) in [6.07, 6.45) is 4.80. The van der Waals surface area contributed by atoms with Crippen LogP contribution in [0.25, 0.3) is 10.9 Å². The number of aryl methyl sites for hydroxylation is 3. The molecule has 0 aliphatic rings. The third-order valence-corrected chi connectivity index (χ3v) is 6.42. The van der Waals surface area contributed by atoms with E-state index in [1.807, 2.05) is 66.7 Å². The summed E-state index contributed by atoms with van der Waals surface area (Å²) >= 11 is 0. The van der Waals surface area contributed by atoms with Crippen LogP contribution in [0.3, 0.4) is 0 Å². The number of rotatable bonds is 14. The van der Waals surface area contributed by atoms with Crippen molar-refractivity contribution < 1.29 is 29.3 Å². The first-order valence-corrected chi connectivity index (χ1v) is 12.8. The number of unbranched alkanes of at least 4 members (excludes halogenated alkanes) is 1. The number of nitrogens with zero attached hydrogens (tertiary/aromatic N) is 1. The fourth-order valence-electron chi connectivity index (χ4n) is 4.55. The maximum absolute atomic E-state index is 11.4. The summed E-state index contributed by atoms with van der Waals surface area (Å²) in [6.45, 7) is 3.13. The van der Waals surface area contributed by atoms with Crippen molar-refractivity contribution in [2.45, 2.75) is 45.6 Å². The zero-order chi connectivity index (χ0) is 26.9. The van der Waals surface area contributed by atoms with Gasteiger partial charge in [-0.25, -0.2) is 0 Å². The van der Waals surface area contributed by atoms with Crippen molar-refractivity contribution in [3.05, 3.63) is 95.2 Å². The fourth-order valence-corrected chi connectivity index (χ4v) is 4.55. The summed E-state index contributed by atoms with van der Waals surface area (Å²) in [5.74, 6) is -0.195. The average Bonchev–Trinajstić information content (AvgIpc) is 3.22. The van der Waals surface area contributed by atoms with Crippen molar-refractivity contribution >= 4 is 22.8 Å². The Bertz CT molecular complexity index is 1370. The van der Waals surface area contributed by atoms with Crippen molar-refractivity contribution in [3.63, 3.8) is 0 Å². The van der Waals surface area contributed by atoms with Gasteiger partial charge in [0.2, 0.25) is 0 Å². The molecule has 0 spiro atoms. The Balaban J connectivity index is 1.29. The molecule has 0 radical (unpaired) electrons. The first-order chi connectivity index (χ1) is 18.4. The lowest BCUT2D eigenvalue weighted by atomic mass is 9.98. The molecule has 0 amide bonds. The van der Waals surface area contributed by atoms with Crippen LogP contribution in [0.1, 0.15) is 35.1 Å². The molecule has 4 aromatic rings. The van der Waals surface area contributed by atoms with Crippen LogP contribution >= 0.6 is 0 Å². The number of carboxylic acids is 2. The highest BCUT2D eigenvalue weighted by Gasteiger charge is 2.16. The van der Waals surface area contributed by atoms with Crippen molar-refractivity contribution in [1.82, 2.24) is 4.57 Å². The number of aromatic nitrogens is 1. The summed E-state index contributed by atoms with van der Waals surface area (Å²) in [7, 11) is 0. The molecule has 1 aromatic heterocycles. The first-order valence-electron chi connectivity index (χ1n) is 12.8. The Morgan fingerprint density at radius 2 is 1.39 bits per heavy atom. The van der Waals surface area contributed by atoms with Gasteiger partial charge in [-0.1, -0.05) is 42.0 Å². The monoisotopic (exact) mass is 515 g/mol. The van der Waals surface area contributed by atoms with Crippen LogP contribution in [-0.2, 0) is 35.4 Å². The predicted octanol–water partition coefficient (Wildman–Crippen LogP) is 5.68. The second-order valence-electron chi connectivity index (χ2n) is 9.42. The lowest BCUT2D eigenvalue weighted by Gasteiger charge is -2.09. The van der Waals surface area contributed by atoms with Crippen molar-refractivity contribution in [2.75, 3.05) is 13.2 Å². The average molecular weight is 516 g/mol. The van der Waals surface area contributed by atoms with Gasteiger partial charge in [-0.05, 0) is 79.6 Å². The Kier molecular flexibility index (Phi) is 9.03. The summed E-state index contributed by atoms with van der Waals surface area (Å²) in [5.41, 5.74) is 4.75. The number of hydrogen-bond acceptors (Lipinski definition) is 4. The lowest BCUT2D eigenvalue weighted by Crippen LogP contribution is -2.07. The molecule has 2 N–H and O–H groups in total. The standard InChI is InChI=1S/C31H33NO6/c1-22-7-13-26(14-8-22)37-17-2-3-18-38-27-15-10-23(11-16-27)9-12-24-5-4-6-28-31(24)25(19-29(33)34)20-32(28)21-30(35)36/h4-8,10-11,13-16,20H,2-3,9,12,17-19,21H2,1H3,(H,33,34)(H,35,36). The number of carboxylic acid groups (broad SMARTS) is 2. The maximum Gasteiger partial charge on any atom is 0.323 e. The van der Waals surface area contributed by atoms with Gasteiger partial charge in [0, 0.05) is 17.1 Å². The van der Waals surface area contributed by atoms with Gasteiger partial charge in [0.05, 0.1) is 19.6 Å². The number of ether oxygens (including phenoxy) is 2. The third-order valence-electron chi connectivity index (χ3n) is 6.42. The van der Waals surface area contributed by atoms with E-state index in [1.54, 1.807) is 10.8 Å². The van der Waals surface area contributed by atoms with Crippen LogP contribution in [0.2, 0.25) is 0 Å². The molecule has 4 rings (SSSR count). The smallest absolute Gasteiger partial charge is 0.323 e. The largest absolute Gasteiger partial charge is 0.494 e. The van der Waals surface area contributed by atoms with Gasteiger partial charge in [0.25, 0.3) is 0 Å². The van der Waals surface area contributed by atoms with Gasteiger partial charge in [-0.2, -0.15) is 0 Å². The van der Waals surface area contributed by atoms with Gasteiger partial charge in [0.15, 0.2) is 0 Å². The molecule has 0 aliphatic carbocycles. The minimum atomic E-state index is -0.966. The second kappa shape index (κ2) is 12.8. The van der Waals surface area contributed by atoms with Gasteiger partial charge in [-0.15, -0.1) is 0 Å². The van der Waals surface area contributed by atoms with E-state index in [2.05, 4.69) is 6.92 Å². The molecule has 0 saturated carbocycles. The number of hydrogen-bond donors (Lipinski definition) is 2. The number of aliphatic carboxylic acids is 2. The Morgan fingerprint density at radius 3 is 2.00 bits per heavy atom. The predicted molar refractivity (Wildman–Crippen MR) is 146 cm³/mol. The molecule has 1 heterocycles. The van der Waals surface area contributed by atoms with Crippen LogP contribution in [-0.4, -0.2) is 39.9 Å². The summed E-state index contributed by atoms with van der Waals surface area (Å²) in [6, 6.07) is 21.8. The number of carbonyl (C=O) groups is 2. The first kappa shape index (κ1) is 26.8. The molecule has 38 heavy (non-hydrogen) atoms.